The van der Waals surface area contributed by atoms with Crippen LogP contribution in [0.15, 0.2) is 11.6 Å². The minimum absolute atomic E-state index is 0.0818. The molecular formula is C12H19N3OS. The molecule has 1 saturated carbocycles. The summed E-state index contributed by atoms with van der Waals surface area (Å²) in [5.41, 5.74) is -0.370. The van der Waals surface area contributed by atoms with Crippen molar-refractivity contribution in [3.8, 4) is 0 Å². The van der Waals surface area contributed by atoms with Crippen molar-refractivity contribution < 1.29 is 4.79 Å². The Kier molecular flexibility index (Phi) is 3.79. The van der Waals surface area contributed by atoms with Crippen LogP contribution in [0, 0.1) is 0 Å². The van der Waals surface area contributed by atoms with Gasteiger partial charge in [-0.05, 0) is 26.7 Å². The molecule has 0 aliphatic heterocycles. The van der Waals surface area contributed by atoms with Crippen molar-refractivity contribution in [1.82, 2.24) is 15.6 Å². The molecule has 17 heavy (non-hydrogen) atoms. The fourth-order valence-electron chi connectivity index (χ4n) is 1.67. The maximum atomic E-state index is 11.8. The van der Waals surface area contributed by atoms with Gasteiger partial charge in [-0.1, -0.05) is 0 Å². The molecule has 1 amide bonds. The lowest BCUT2D eigenvalue weighted by atomic mass is 10.1. The Balaban J connectivity index is 1.76. The van der Waals surface area contributed by atoms with Crippen molar-refractivity contribution in [1.29, 1.82) is 0 Å². The molecule has 2 rings (SSSR count). The van der Waals surface area contributed by atoms with Crippen molar-refractivity contribution in [3.05, 3.63) is 16.6 Å². The summed E-state index contributed by atoms with van der Waals surface area (Å²) in [4.78, 5) is 16.0. The van der Waals surface area contributed by atoms with Crippen molar-refractivity contribution in [2.24, 2.45) is 0 Å². The zero-order chi connectivity index (χ0) is 12.3. The third-order valence-electron chi connectivity index (χ3n) is 2.78. The molecule has 0 bridgehead atoms. The largest absolute Gasteiger partial charge is 0.345 e. The third kappa shape index (κ3) is 3.78. The highest BCUT2D eigenvalue weighted by molar-refractivity contribution is 7.09. The van der Waals surface area contributed by atoms with Gasteiger partial charge in [0.05, 0.1) is 5.54 Å². The third-order valence-corrected chi connectivity index (χ3v) is 3.88. The maximum absolute atomic E-state index is 11.8. The Labute approximate surface area is 106 Å². The van der Waals surface area contributed by atoms with Gasteiger partial charge in [0, 0.05) is 30.6 Å². The molecule has 0 saturated heterocycles. The lowest BCUT2D eigenvalue weighted by molar-refractivity contribution is -0.122. The van der Waals surface area contributed by atoms with Crippen molar-refractivity contribution >= 4 is 17.2 Å². The van der Waals surface area contributed by atoms with Crippen LogP contribution in [0.5, 0.6) is 0 Å². The maximum Gasteiger partial charge on any atom is 0.222 e. The Morgan fingerprint density at radius 1 is 1.59 bits per heavy atom. The van der Waals surface area contributed by atoms with Gasteiger partial charge < -0.3 is 10.6 Å². The highest BCUT2D eigenvalue weighted by Crippen LogP contribution is 2.22. The van der Waals surface area contributed by atoms with Gasteiger partial charge in [0.2, 0.25) is 5.91 Å². The smallest absolute Gasteiger partial charge is 0.222 e. The molecular weight excluding hydrogens is 234 g/mol. The van der Waals surface area contributed by atoms with Crippen LogP contribution in [0.1, 0.15) is 38.1 Å². The van der Waals surface area contributed by atoms with E-state index in [-0.39, 0.29) is 11.4 Å². The summed E-state index contributed by atoms with van der Waals surface area (Å²) in [6, 6.07) is 0.662. The summed E-state index contributed by atoms with van der Waals surface area (Å²) in [5, 5.41) is 9.23. The topological polar surface area (TPSA) is 54.0 Å². The summed E-state index contributed by atoms with van der Waals surface area (Å²) in [6.45, 7) is 4.74. The lowest BCUT2D eigenvalue weighted by Gasteiger charge is -2.23. The molecule has 0 spiro atoms. The van der Waals surface area contributed by atoms with E-state index in [1.165, 1.54) is 12.8 Å². The van der Waals surface area contributed by atoms with E-state index in [4.69, 9.17) is 0 Å². The number of rotatable bonds is 6. The molecule has 1 aliphatic carbocycles. The number of aromatic nitrogens is 1. The number of nitrogens with zero attached hydrogens (tertiary/aromatic N) is 1. The lowest BCUT2D eigenvalue weighted by Crippen LogP contribution is -2.42. The first kappa shape index (κ1) is 12.5. The predicted molar refractivity (Wildman–Crippen MR) is 68.9 cm³/mol. The number of hydrogen-bond donors (Lipinski definition) is 2. The average Bonchev–Trinajstić information content (AvgIpc) is 2.90. The summed E-state index contributed by atoms with van der Waals surface area (Å²) in [7, 11) is 0. The van der Waals surface area contributed by atoms with Gasteiger partial charge in [0.1, 0.15) is 5.01 Å². The Hall–Kier alpha value is -0.940. The van der Waals surface area contributed by atoms with Gasteiger partial charge in [0.15, 0.2) is 0 Å². The molecule has 94 valence electrons. The van der Waals surface area contributed by atoms with Gasteiger partial charge in [-0.25, -0.2) is 4.98 Å². The Morgan fingerprint density at radius 3 is 2.94 bits per heavy atom. The molecule has 5 heteroatoms. The fourth-order valence-corrected chi connectivity index (χ4v) is 2.39. The highest BCUT2D eigenvalue weighted by Gasteiger charge is 2.25. The number of nitrogens with one attached hydrogen (secondary N) is 2. The number of carbonyl (C=O) groups is 1. The number of carbonyl (C=O) groups excluding carboxylic acids is 1. The molecule has 0 unspecified atom stereocenters. The first-order valence-corrected chi connectivity index (χ1v) is 6.90. The molecule has 0 aromatic carbocycles. The molecule has 0 radical (unpaired) electrons. The average molecular weight is 253 g/mol. The quantitative estimate of drug-likeness (QED) is 0.810. The van der Waals surface area contributed by atoms with Crippen LogP contribution < -0.4 is 10.6 Å². The second-order valence-electron chi connectivity index (χ2n) is 4.99. The van der Waals surface area contributed by atoms with Crippen molar-refractivity contribution in [2.75, 3.05) is 6.54 Å². The van der Waals surface area contributed by atoms with Crippen LogP contribution in [0.2, 0.25) is 0 Å². The second kappa shape index (κ2) is 5.14. The van der Waals surface area contributed by atoms with Crippen LogP contribution in [-0.4, -0.2) is 23.5 Å². The highest BCUT2D eigenvalue weighted by atomic mass is 32.1. The van der Waals surface area contributed by atoms with Crippen LogP contribution >= 0.6 is 11.3 Å². The molecule has 1 heterocycles. The minimum Gasteiger partial charge on any atom is -0.345 e. The van der Waals surface area contributed by atoms with Crippen LogP contribution in [-0.2, 0) is 10.3 Å². The first-order chi connectivity index (χ1) is 8.08. The van der Waals surface area contributed by atoms with Gasteiger partial charge >= 0.3 is 0 Å². The first-order valence-electron chi connectivity index (χ1n) is 6.02. The van der Waals surface area contributed by atoms with E-state index in [0.717, 1.165) is 11.6 Å². The Bertz CT molecular complexity index is 371. The van der Waals surface area contributed by atoms with Gasteiger partial charge in [0.25, 0.3) is 0 Å². The summed E-state index contributed by atoms with van der Waals surface area (Å²) >= 11 is 1.57. The zero-order valence-electron chi connectivity index (χ0n) is 10.3. The Morgan fingerprint density at radius 2 is 2.35 bits per heavy atom. The standard InChI is InChI=1S/C12H19N3OS/c1-12(2,11-14-7-8-17-11)15-10(16)5-6-13-9-3-4-9/h7-9,13H,3-6H2,1-2H3,(H,15,16). The SMILES string of the molecule is CC(C)(NC(=O)CCNC1CC1)c1nccs1. The number of thiazole rings is 1. The molecule has 0 atom stereocenters. The number of hydrogen-bond acceptors (Lipinski definition) is 4. The van der Waals surface area contributed by atoms with Gasteiger partial charge in [-0.15, -0.1) is 11.3 Å². The molecule has 1 aromatic heterocycles. The van der Waals surface area contributed by atoms with E-state index in [1.807, 2.05) is 19.2 Å². The summed E-state index contributed by atoms with van der Waals surface area (Å²) < 4.78 is 0. The molecule has 1 fully saturated rings. The monoisotopic (exact) mass is 253 g/mol. The van der Waals surface area contributed by atoms with E-state index in [9.17, 15) is 4.79 Å². The predicted octanol–water partition coefficient (Wildman–Crippen LogP) is 1.64. The van der Waals surface area contributed by atoms with Crippen LogP contribution in [0.25, 0.3) is 0 Å². The van der Waals surface area contributed by atoms with E-state index in [0.29, 0.717) is 12.5 Å². The van der Waals surface area contributed by atoms with Gasteiger partial charge in [-0.3, -0.25) is 4.79 Å². The fraction of sp³-hybridized carbons (Fsp3) is 0.667. The summed E-state index contributed by atoms with van der Waals surface area (Å²) in [6.07, 6.45) is 4.81. The zero-order valence-corrected chi connectivity index (χ0v) is 11.1. The minimum atomic E-state index is -0.370. The second-order valence-corrected chi connectivity index (χ2v) is 5.88. The van der Waals surface area contributed by atoms with E-state index in [2.05, 4.69) is 15.6 Å². The normalized spacial score (nSPS) is 15.9. The molecule has 2 N–H and O–H groups in total. The molecule has 1 aliphatic rings. The molecule has 4 nitrogen and oxygen atoms in total. The summed E-state index contributed by atoms with van der Waals surface area (Å²) in [5.74, 6) is 0.0818. The van der Waals surface area contributed by atoms with Crippen LogP contribution in [0.4, 0.5) is 0 Å². The van der Waals surface area contributed by atoms with Crippen LogP contribution in [0.3, 0.4) is 0 Å². The van der Waals surface area contributed by atoms with E-state index in [1.54, 1.807) is 17.5 Å². The molecule has 1 aromatic rings. The van der Waals surface area contributed by atoms with E-state index < -0.39 is 0 Å². The van der Waals surface area contributed by atoms with E-state index >= 15 is 0 Å². The number of amides is 1. The van der Waals surface area contributed by atoms with Gasteiger partial charge in [-0.2, -0.15) is 0 Å². The van der Waals surface area contributed by atoms with Crippen molar-refractivity contribution in [2.45, 2.75) is 44.7 Å². The van der Waals surface area contributed by atoms with Crippen molar-refractivity contribution in [3.63, 3.8) is 0 Å².